The van der Waals surface area contributed by atoms with E-state index in [2.05, 4.69) is 163 Å². The first-order valence-electron chi connectivity index (χ1n) is 35.5. The lowest BCUT2D eigenvalue weighted by Crippen LogP contribution is -2.29. The summed E-state index contributed by atoms with van der Waals surface area (Å²) in [7, 11) is -15.7. The average Bonchev–Trinajstić information content (AvgIpc) is 0.755. The molecule has 0 unspecified atom stereocenters. The molecule has 24 nitrogen and oxygen atoms in total. The van der Waals surface area contributed by atoms with E-state index in [1.807, 2.05) is 24.3 Å². The molecule has 8 saturated heterocycles. The molecule has 8 aliphatic heterocycles. The van der Waals surface area contributed by atoms with Crippen molar-refractivity contribution in [3.63, 3.8) is 0 Å². The van der Waals surface area contributed by atoms with Crippen LogP contribution in [0, 0.1) is 43.3 Å². The molecule has 576 valence electrons. The maximum absolute atomic E-state index is 7.15. The van der Waals surface area contributed by atoms with Gasteiger partial charge in [-0.25, -0.2) is 0 Å². The molecule has 0 radical (unpaired) electrons. The Balaban J connectivity index is 1.09. The van der Waals surface area contributed by atoms with Crippen molar-refractivity contribution in [3.05, 3.63) is 93.0 Å². The fourth-order valence-corrected chi connectivity index (χ4v) is 23.0. The smallest absolute Gasteiger partial charge is 0.397 e. The highest BCUT2D eigenvalue weighted by molar-refractivity contribution is 7.44. The van der Waals surface area contributed by atoms with Gasteiger partial charge in [0.25, 0.3) is 0 Å². The molecule has 4 aromatic rings. The largest absolute Gasteiger partial charge is 0.426 e. The Kier molecular flexibility index (Phi) is 24.6. The average molecular weight is 1600 g/mol. The molecule has 8 fully saturated rings. The first-order valence-corrected chi connectivity index (χ1v) is 44.3. The van der Waals surface area contributed by atoms with Crippen LogP contribution in [0.25, 0.3) is 0 Å². The van der Waals surface area contributed by atoms with Crippen molar-refractivity contribution in [2.24, 2.45) is 43.3 Å². The standard InChI is InChI=1S/C72H104O24P8/c1-45-49-21-51(59(91-99-77-33-67(9,10)34-78-99)25-57(49)89-97-73-29-65(5,6)30-74-97)46(2)53-23-55(63(95-103-85-41-71(17,18)42-86-103)27-61(53)93-101-81-37-69(13,14)38-82-101)48(4)56-24-54(62(94-102-83-39-70(15,16)40-84-102)28-64(56)96-104-87-43-72(19,20)44-88-104)47(3)52-22-50(45)58(90-98-75-31-66(7,8)32-76-98)26-60(52)92-100-79-35-68(11,12)36-80-100/h21-28,45-48H,29-44H2,1-20H3. The number of benzene rings is 4. The van der Waals surface area contributed by atoms with Crippen LogP contribution in [0.5, 0.6) is 46.0 Å². The summed E-state index contributed by atoms with van der Waals surface area (Å²) in [5.74, 6) is 0.933. The van der Waals surface area contributed by atoms with Crippen LogP contribution >= 0.6 is 68.8 Å². The molecule has 0 aromatic heterocycles. The molecule has 0 atom stereocenters. The molecular weight excluding hydrogens is 1500 g/mol. The van der Waals surface area contributed by atoms with Gasteiger partial charge < -0.3 is 109 Å². The van der Waals surface area contributed by atoms with Crippen LogP contribution in [0.2, 0.25) is 0 Å². The zero-order valence-corrected chi connectivity index (χ0v) is 70.8. The summed E-state index contributed by atoms with van der Waals surface area (Å²) in [5.41, 5.74) is 3.58. The van der Waals surface area contributed by atoms with Crippen molar-refractivity contribution in [3.8, 4) is 46.0 Å². The summed E-state index contributed by atoms with van der Waals surface area (Å²) < 4.78 is 161. The van der Waals surface area contributed by atoms with E-state index in [1.165, 1.54) is 0 Å². The van der Waals surface area contributed by atoms with Crippen LogP contribution in [0.4, 0.5) is 0 Å². The van der Waals surface area contributed by atoms with Crippen LogP contribution < -0.4 is 36.2 Å². The minimum atomic E-state index is -1.96. The van der Waals surface area contributed by atoms with Gasteiger partial charge in [0.15, 0.2) is 0 Å². The Labute approximate surface area is 624 Å². The number of fused-ring (bicyclic) bond motifs is 8. The SMILES string of the molecule is CC1c2cc(c(OP3OCC(C)(C)CO3)cc2OP2OCC(C)(C)CO2)C(C)c2cc(c(OP3OCC(C)(C)CO3)cc2OP2OCC(C)(C)CO2)C(C)c2cc(c(OP3OCC(C)(C)CO3)cc2OP2OCC(C)(C)CO2)C(C)c2cc1c(OP1OCC(C)(C)CO1)cc2OP1OCC(C)(C)CO1. The number of hydrogen-bond acceptors (Lipinski definition) is 24. The summed E-state index contributed by atoms with van der Waals surface area (Å²) in [6, 6.07) is 16.1. The highest BCUT2D eigenvalue weighted by atomic mass is 31.2. The molecule has 32 heteroatoms. The van der Waals surface area contributed by atoms with Crippen molar-refractivity contribution in [1.82, 2.24) is 0 Å². The zero-order chi connectivity index (χ0) is 74.1. The molecule has 104 heavy (non-hydrogen) atoms. The third kappa shape index (κ3) is 19.9. The van der Waals surface area contributed by atoms with Crippen molar-refractivity contribution in [2.75, 3.05) is 106 Å². The molecule has 9 aliphatic rings. The summed E-state index contributed by atoms with van der Waals surface area (Å²) in [6.07, 6.45) is 0. The van der Waals surface area contributed by atoms with E-state index in [0.29, 0.717) is 196 Å². The van der Waals surface area contributed by atoms with Crippen molar-refractivity contribution in [1.29, 1.82) is 0 Å². The van der Waals surface area contributed by atoms with Gasteiger partial charge in [0, 0.05) is 136 Å². The Morgan fingerprint density at radius 3 is 0.385 bits per heavy atom. The van der Waals surface area contributed by atoms with E-state index in [4.69, 9.17) is 109 Å². The fraction of sp³-hybridized carbons (Fsp3) is 0.667. The molecule has 0 spiro atoms. The molecule has 4 aromatic carbocycles. The first-order chi connectivity index (χ1) is 48.9. The van der Waals surface area contributed by atoms with Gasteiger partial charge in [-0.05, 0) is 24.3 Å². The summed E-state index contributed by atoms with van der Waals surface area (Å²) in [4.78, 5) is 0. The Morgan fingerprint density at radius 2 is 0.288 bits per heavy atom. The van der Waals surface area contributed by atoms with Crippen molar-refractivity contribution in [2.45, 2.75) is 162 Å². The van der Waals surface area contributed by atoms with Crippen LogP contribution in [0.1, 0.15) is 207 Å². The number of rotatable bonds is 16. The van der Waals surface area contributed by atoms with E-state index in [-0.39, 0.29) is 43.3 Å². The van der Waals surface area contributed by atoms with E-state index in [1.54, 1.807) is 0 Å². The van der Waals surface area contributed by atoms with Gasteiger partial charge in [0.05, 0.1) is 106 Å². The summed E-state index contributed by atoms with van der Waals surface area (Å²) in [6.45, 7) is 48.4. The molecule has 0 N–H and O–H groups in total. The van der Waals surface area contributed by atoms with Gasteiger partial charge in [-0.1, -0.05) is 138 Å². The Hall–Kier alpha value is -1.92. The Morgan fingerprint density at radius 1 is 0.192 bits per heavy atom. The monoisotopic (exact) mass is 1600 g/mol. The lowest BCUT2D eigenvalue weighted by Gasteiger charge is -2.36. The quantitative estimate of drug-likeness (QED) is 0.0951. The van der Waals surface area contributed by atoms with Gasteiger partial charge >= 0.3 is 68.8 Å². The highest BCUT2D eigenvalue weighted by Gasteiger charge is 2.44. The van der Waals surface area contributed by atoms with Crippen LogP contribution in [0.15, 0.2) is 48.5 Å². The zero-order valence-electron chi connectivity index (χ0n) is 63.6. The lowest BCUT2D eigenvalue weighted by atomic mass is 9.81. The Bertz CT molecular complexity index is 2950. The van der Waals surface area contributed by atoms with Crippen molar-refractivity contribution < 1.29 is 109 Å². The summed E-state index contributed by atoms with van der Waals surface area (Å²) >= 11 is 0. The second-order valence-electron chi connectivity index (χ2n) is 34.8. The van der Waals surface area contributed by atoms with Gasteiger partial charge in [0.2, 0.25) is 0 Å². The lowest BCUT2D eigenvalue weighted by molar-refractivity contribution is 0.0416. The minimum absolute atomic E-state index is 0.268. The fourth-order valence-electron chi connectivity index (χ4n) is 11.7. The molecule has 0 amide bonds. The molecule has 8 bridgehead atoms. The molecular formula is C72H104O24P8. The summed E-state index contributed by atoms with van der Waals surface area (Å²) in [5, 5.41) is 0. The second kappa shape index (κ2) is 31.9. The van der Waals surface area contributed by atoms with E-state index >= 15 is 0 Å². The molecule has 1 aliphatic carbocycles. The van der Waals surface area contributed by atoms with Gasteiger partial charge in [-0.2, -0.15) is 0 Å². The first kappa shape index (κ1) is 80.1. The van der Waals surface area contributed by atoms with Gasteiger partial charge in [0.1, 0.15) is 46.0 Å². The predicted molar refractivity (Wildman–Crippen MR) is 402 cm³/mol. The second-order valence-corrected chi connectivity index (χ2v) is 44.0. The third-order valence-corrected chi connectivity index (χ3v) is 26.9. The molecule has 8 heterocycles. The maximum Gasteiger partial charge on any atom is 0.397 e. The van der Waals surface area contributed by atoms with E-state index < -0.39 is 92.5 Å². The topological polar surface area (TPSA) is 222 Å². The normalized spacial score (nSPS) is 27.7. The van der Waals surface area contributed by atoms with Crippen molar-refractivity contribution >= 4 is 68.8 Å². The minimum Gasteiger partial charge on any atom is -0.426 e. The third-order valence-electron chi connectivity index (χ3n) is 18.7. The molecule has 13 rings (SSSR count). The molecule has 0 saturated carbocycles. The van der Waals surface area contributed by atoms with Gasteiger partial charge in [-0.15, -0.1) is 0 Å². The number of hydrogen-bond donors (Lipinski definition) is 0. The van der Waals surface area contributed by atoms with Crippen LogP contribution in [-0.4, -0.2) is 106 Å². The highest BCUT2D eigenvalue weighted by Crippen LogP contribution is 2.63. The van der Waals surface area contributed by atoms with Crippen LogP contribution in [-0.2, 0) is 72.4 Å². The van der Waals surface area contributed by atoms with E-state index in [9.17, 15) is 0 Å². The predicted octanol–water partition coefficient (Wildman–Crippen LogP) is 22.0. The van der Waals surface area contributed by atoms with Crippen LogP contribution in [0.3, 0.4) is 0 Å². The van der Waals surface area contributed by atoms with E-state index in [0.717, 1.165) is 0 Å². The van der Waals surface area contributed by atoms with Gasteiger partial charge in [-0.3, -0.25) is 0 Å². The maximum atomic E-state index is 7.15.